The first-order chi connectivity index (χ1) is 15.7. The first kappa shape index (κ1) is 23.0. The molecule has 2 fully saturated rings. The molecular weight excluding hydrogens is 443 g/mol. The molecule has 3 amide bonds. The van der Waals surface area contributed by atoms with E-state index in [0.29, 0.717) is 25.3 Å². The van der Waals surface area contributed by atoms with Crippen molar-refractivity contribution in [2.75, 3.05) is 32.8 Å². The van der Waals surface area contributed by atoms with Crippen LogP contribution in [-0.4, -0.2) is 76.8 Å². The monoisotopic (exact) mass is 467 g/mol. The lowest BCUT2D eigenvalue weighted by molar-refractivity contribution is -0.159. The second-order valence-electron chi connectivity index (χ2n) is 8.10. The molecule has 0 saturated carbocycles. The minimum absolute atomic E-state index is 0.0368. The number of alkyl halides is 3. The number of amides is 3. The fourth-order valence-corrected chi connectivity index (χ4v) is 4.00. The molecule has 2 aliphatic rings. The van der Waals surface area contributed by atoms with Gasteiger partial charge >= 0.3 is 18.1 Å². The van der Waals surface area contributed by atoms with Crippen molar-refractivity contribution in [1.82, 2.24) is 25.3 Å². The summed E-state index contributed by atoms with van der Waals surface area (Å²) in [5.41, 5.74) is 0.587. The van der Waals surface area contributed by atoms with Crippen molar-refractivity contribution < 1.29 is 32.0 Å². The predicted molar refractivity (Wildman–Crippen MR) is 109 cm³/mol. The molecular formula is C21H24F3N5O4. The maximum atomic E-state index is 13.0. The first-order valence-electron chi connectivity index (χ1n) is 10.7. The quantitative estimate of drug-likeness (QED) is 0.742. The molecule has 1 aromatic carbocycles. The SMILES string of the molecule is C[C@@H]1CCCN1C(=O)N1CCOC[C@@H]1CNC(=O)c1ccc(-c2noc(C(F)(F)F)n2)cc1. The summed E-state index contributed by atoms with van der Waals surface area (Å²) in [6.45, 7) is 4.21. The third kappa shape index (κ3) is 5.10. The third-order valence-electron chi connectivity index (χ3n) is 5.84. The number of halogens is 3. The maximum absolute atomic E-state index is 13.0. The molecule has 2 aliphatic heterocycles. The van der Waals surface area contributed by atoms with Crippen molar-refractivity contribution >= 4 is 11.9 Å². The lowest BCUT2D eigenvalue weighted by atomic mass is 10.1. The van der Waals surface area contributed by atoms with Crippen LogP contribution in [0.15, 0.2) is 28.8 Å². The molecule has 9 nitrogen and oxygen atoms in total. The van der Waals surface area contributed by atoms with Gasteiger partial charge in [0.15, 0.2) is 0 Å². The normalized spacial score (nSPS) is 21.3. The van der Waals surface area contributed by atoms with E-state index in [2.05, 4.69) is 20.0 Å². The van der Waals surface area contributed by atoms with Crippen LogP contribution in [0.3, 0.4) is 0 Å². The largest absolute Gasteiger partial charge is 0.471 e. The summed E-state index contributed by atoms with van der Waals surface area (Å²) in [4.78, 5) is 32.5. The summed E-state index contributed by atoms with van der Waals surface area (Å²) in [5.74, 6) is -2.03. The summed E-state index contributed by atoms with van der Waals surface area (Å²) in [5, 5.41) is 6.13. The number of nitrogens with one attached hydrogen (secondary N) is 1. The Balaban J connectivity index is 1.36. The van der Waals surface area contributed by atoms with Gasteiger partial charge in [0.25, 0.3) is 5.91 Å². The Bertz CT molecular complexity index is 995. The van der Waals surface area contributed by atoms with Gasteiger partial charge < -0.3 is 24.4 Å². The van der Waals surface area contributed by atoms with Gasteiger partial charge in [-0.15, -0.1) is 0 Å². The number of ether oxygens (including phenoxy) is 1. The van der Waals surface area contributed by atoms with Crippen molar-refractivity contribution in [1.29, 1.82) is 0 Å². The molecule has 0 unspecified atom stereocenters. The number of hydrogen-bond acceptors (Lipinski definition) is 6. The molecule has 0 radical (unpaired) electrons. The molecule has 3 heterocycles. The Labute approximate surface area is 187 Å². The smallest absolute Gasteiger partial charge is 0.377 e. The highest BCUT2D eigenvalue weighted by molar-refractivity contribution is 5.94. The average Bonchev–Trinajstić information content (AvgIpc) is 3.47. The second kappa shape index (κ2) is 9.38. The zero-order valence-electron chi connectivity index (χ0n) is 18.0. The molecule has 1 aromatic heterocycles. The predicted octanol–water partition coefficient (Wildman–Crippen LogP) is 2.79. The number of morpholine rings is 1. The maximum Gasteiger partial charge on any atom is 0.471 e. The third-order valence-corrected chi connectivity index (χ3v) is 5.84. The number of benzene rings is 1. The topological polar surface area (TPSA) is 101 Å². The Morgan fingerprint density at radius 3 is 2.58 bits per heavy atom. The zero-order valence-corrected chi connectivity index (χ0v) is 18.0. The molecule has 12 heteroatoms. The van der Waals surface area contributed by atoms with Gasteiger partial charge in [-0.05, 0) is 31.9 Å². The molecule has 2 atom stereocenters. The Morgan fingerprint density at radius 2 is 1.94 bits per heavy atom. The van der Waals surface area contributed by atoms with Gasteiger partial charge in [-0.1, -0.05) is 17.3 Å². The lowest BCUT2D eigenvalue weighted by Gasteiger charge is -2.39. The first-order valence-corrected chi connectivity index (χ1v) is 10.7. The average molecular weight is 467 g/mol. The lowest BCUT2D eigenvalue weighted by Crippen LogP contribution is -2.57. The summed E-state index contributed by atoms with van der Waals surface area (Å²) in [7, 11) is 0. The standard InChI is InChI=1S/C21H24F3N5O4/c1-13-3-2-8-28(13)20(31)29-9-10-32-12-16(29)11-25-18(30)15-6-4-14(5-7-15)17-26-19(33-27-17)21(22,23)24/h4-7,13,16H,2-3,8-12H2,1H3,(H,25,30)/t13-,16+/m1/s1. The van der Waals surface area contributed by atoms with Crippen LogP contribution in [0.4, 0.5) is 18.0 Å². The number of likely N-dealkylation sites (tertiary alicyclic amines) is 1. The van der Waals surface area contributed by atoms with Gasteiger partial charge in [-0.2, -0.15) is 18.2 Å². The van der Waals surface area contributed by atoms with Crippen LogP contribution in [-0.2, 0) is 10.9 Å². The van der Waals surface area contributed by atoms with E-state index in [1.807, 2.05) is 11.8 Å². The van der Waals surface area contributed by atoms with Crippen LogP contribution >= 0.6 is 0 Å². The number of nitrogens with zero attached hydrogens (tertiary/aromatic N) is 4. The van der Waals surface area contributed by atoms with Gasteiger partial charge in [0.2, 0.25) is 5.82 Å². The highest BCUT2D eigenvalue weighted by Gasteiger charge is 2.38. The van der Waals surface area contributed by atoms with E-state index in [-0.39, 0.29) is 42.0 Å². The highest BCUT2D eigenvalue weighted by atomic mass is 19.4. The van der Waals surface area contributed by atoms with Crippen LogP contribution in [0.5, 0.6) is 0 Å². The fourth-order valence-electron chi connectivity index (χ4n) is 4.00. The molecule has 4 rings (SSSR count). The van der Waals surface area contributed by atoms with E-state index in [1.54, 1.807) is 4.90 Å². The second-order valence-corrected chi connectivity index (χ2v) is 8.10. The molecule has 2 aromatic rings. The number of urea groups is 1. The zero-order chi connectivity index (χ0) is 23.6. The summed E-state index contributed by atoms with van der Waals surface area (Å²) < 4.78 is 47.6. The van der Waals surface area contributed by atoms with Crippen LogP contribution in [0.2, 0.25) is 0 Å². The van der Waals surface area contributed by atoms with Gasteiger partial charge in [0.05, 0.1) is 19.3 Å². The Hall–Kier alpha value is -3.15. The summed E-state index contributed by atoms with van der Waals surface area (Å²) >= 11 is 0. The van der Waals surface area contributed by atoms with Gasteiger partial charge in [-0.3, -0.25) is 4.79 Å². The van der Waals surface area contributed by atoms with Crippen LogP contribution in [0, 0.1) is 0 Å². The molecule has 2 saturated heterocycles. The number of aromatic nitrogens is 2. The fraction of sp³-hybridized carbons (Fsp3) is 0.524. The minimum Gasteiger partial charge on any atom is -0.377 e. The van der Waals surface area contributed by atoms with E-state index in [0.717, 1.165) is 19.4 Å². The van der Waals surface area contributed by atoms with E-state index in [9.17, 15) is 22.8 Å². The van der Waals surface area contributed by atoms with Gasteiger partial charge in [0.1, 0.15) is 0 Å². The van der Waals surface area contributed by atoms with Gasteiger partial charge in [0, 0.05) is 36.8 Å². The number of carbonyl (C=O) groups excluding carboxylic acids is 2. The molecule has 0 aliphatic carbocycles. The van der Waals surface area contributed by atoms with Crippen molar-refractivity contribution in [2.45, 2.75) is 38.0 Å². The Kier molecular flexibility index (Phi) is 6.54. The molecule has 1 N–H and O–H groups in total. The van der Waals surface area contributed by atoms with E-state index < -0.39 is 12.1 Å². The van der Waals surface area contributed by atoms with Gasteiger partial charge in [-0.25, -0.2) is 4.79 Å². The van der Waals surface area contributed by atoms with Crippen molar-refractivity contribution in [2.24, 2.45) is 0 Å². The molecule has 33 heavy (non-hydrogen) atoms. The number of carbonyl (C=O) groups is 2. The highest BCUT2D eigenvalue weighted by Crippen LogP contribution is 2.29. The van der Waals surface area contributed by atoms with E-state index in [4.69, 9.17) is 4.74 Å². The number of hydrogen-bond donors (Lipinski definition) is 1. The van der Waals surface area contributed by atoms with Crippen LogP contribution in [0.1, 0.15) is 36.0 Å². The minimum atomic E-state index is -4.73. The van der Waals surface area contributed by atoms with Crippen molar-refractivity contribution in [3.8, 4) is 11.4 Å². The van der Waals surface area contributed by atoms with Crippen LogP contribution in [0.25, 0.3) is 11.4 Å². The number of rotatable bonds is 4. The van der Waals surface area contributed by atoms with E-state index in [1.165, 1.54) is 24.3 Å². The Morgan fingerprint density at radius 1 is 1.18 bits per heavy atom. The molecule has 0 bridgehead atoms. The van der Waals surface area contributed by atoms with Crippen molar-refractivity contribution in [3.63, 3.8) is 0 Å². The van der Waals surface area contributed by atoms with Crippen LogP contribution < -0.4 is 5.32 Å². The summed E-state index contributed by atoms with van der Waals surface area (Å²) in [6.07, 6.45) is -2.76. The molecule has 0 spiro atoms. The van der Waals surface area contributed by atoms with E-state index >= 15 is 0 Å². The van der Waals surface area contributed by atoms with Crippen molar-refractivity contribution in [3.05, 3.63) is 35.7 Å². The molecule has 178 valence electrons. The summed E-state index contributed by atoms with van der Waals surface area (Å²) in [6, 6.07) is 5.66.